The number of aromatic nitrogens is 3. The van der Waals surface area contributed by atoms with Crippen LogP contribution < -0.4 is 21.3 Å². The minimum Gasteiger partial charge on any atom is -0.444 e. The fourth-order valence-corrected chi connectivity index (χ4v) is 4.18. The summed E-state index contributed by atoms with van der Waals surface area (Å²) in [6.45, 7) is 7.70. The molecule has 3 heterocycles. The Morgan fingerprint density at radius 3 is 2.55 bits per heavy atom. The van der Waals surface area contributed by atoms with Crippen molar-refractivity contribution in [2.45, 2.75) is 38.8 Å². The number of aliphatic hydroxyl groups excluding tert-OH is 1. The number of carbonyl (C=O) groups excluding carboxylic acids is 2. The third kappa shape index (κ3) is 7.64. The Hall–Kier alpha value is -4.29. The number of alkyl carbamates (subject to hydrolysis) is 1. The first-order valence-corrected chi connectivity index (χ1v) is 13.0. The number of rotatable bonds is 8. The van der Waals surface area contributed by atoms with Gasteiger partial charge in [0.25, 0.3) is 5.91 Å². The SMILES string of the molecule is CC(C)(C)OC(=O)N[C@H](CO)Cc1ccc(-c2cnc(N)c(C(=O)Nc3cnccc3N3CCOCC3)n2)cc1. The lowest BCUT2D eigenvalue weighted by Crippen LogP contribution is -2.42. The standard InChI is InChI=1S/C28H35N7O5/c1-28(2,3)40-27(38)32-20(17-36)14-18-4-6-19(7-5-18)21-16-31-25(29)24(33-21)26(37)34-22-15-30-9-8-23(22)35-10-12-39-13-11-35/h4-9,15-16,20,36H,10-14,17H2,1-3H3,(H2,29,31)(H,32,38)(H,34,37)/t20-/m0/s1. The van der Waals surface area contributed by atoms with Crippen molar-refractivity contribution in [1.82, 2.24) is 20.3 Å². The largest absolute Gasteiger partial charge is 0.444 e. The summed E-state index contributed by atoms with van der Waals surface area (Å²) in [6, 6.07) is 8.71. The average molecular weight is 550 g/mol. The molecule has 5 N–H and O–H groups in total. The normalized spacial score (nSPS) is 14.3. The highest BCUT2D eigenvalue weighted by molar-refractivity contribution is 6.07. The van der Waals surface area contributed by atoms with Crippen molar-refractivity contribution in [3.05, 3.63) is 60.2 Å². The van der Waals surface area contributed by atoms with Crippen molar-refractivity contribution >= 4 is 29.2 Å². The molecule has 1 saturated heterocycles. The second-order valence-corrected chi connectivity index (χ2v) is 10.4. The molecule has 0 spiro atoms. The molecule has 3 aromatic rings. The molecule has 1 aromatic carbocycles. The maximum atomic E-state index is 13.2. The molecule has 0 saturated carbocycles. The Balaban J connectivity index is 1.46. The minimum atomic E-state index is -0.634. The fourth-order valence-electron chi connectivity index (χ4n) is 4.18. The van der Waals surface area contributed by atoms with Crippen LogP contribution in [0.1, 0.15) is 36.8 Å². The number of hydrogen-bond acceptors (Lipinski definition) is 10. The van der Waals surface area contributed by atoms with Gasteiger partial charge in [-0.15, -0.1) is 0 Å². The fraction of sp³-hybridized carbons (Fsp3) is 0.393. The van der Waals surface area contributed by atoms with E-state index >= 15 is 0 Å². The second kappa shape index (κ2) is 12.7. The van der Waals surface area contributed by atoms with E-state index in [1.807, 2.05) is 30.3 Å². The van der Waals surface area contributed by atoms with E-state index in [4.69, 9.17) is 15.2 Å². The number of nitrogens with one attached hydrogen (secondary N) is 2. The predicted molar refractivity (Wildman–Crippen MR) is 151 cm³/mol. The number of nitrogens with zero attached hydrogens (tertiary/aromatic N) is 4. The number of morpholine rings is 1. The van der Waals surface area contributed by atoms with Gasteiger partial charge in [-0.05, 0) is 38.8 Å². The molecule has 12 heteroatoms. The molecule has 12 nitrogen and oxygen atoms in total. The van der Waals surface area contributed by atoms with E-state index in [2.05, 4.69) is 30.5 Å². The first kappa shape index (κ1) is 28.7. The summed E-state index contributed by atoms with van der Waals surface area (Å²) in [6.07, 6.45) is 4.58. The maximum Gasteiger partial charge on any atom is 0.407 e. The molecule has 0 bridgehead atoms. The van der Waals surface area contributed by atoms with Gasteiger partial charge in [-0.1, -0.05) is 24.3 Å². The van der Waals surface area contributed by atoms with Gasteiger partial charge in [0, 0.05) is 24.8 Å². The van der Waals surface area contributed by atoms with Gasteiger partial charge in [0.15, 0.2) is 11.5 Å². The lowest BCUT2D eigenvalue weighted by atomic mass is 10.0. The molecule has 212 valence electrons. The van der Waals surface area contributed by atoms with Gasteiger partial charge in [0.2, 0.25) is 0 Å². The number of amides is 2. The predicted octanol–water partition coefficient (Wildman–Crippen LogP) is 2.64. The number of nitrogens with two attached hydrogens (primary N) is 1. The first-order chi connectivity index (χ1) is 19.1. The van der Waals surface area contributed by atoms with Gasteiger partial charge < -0.3 is 35.8 Å². The van der Waals surface area contributed by atoms with E-state index in [1.165, 1.54) is 6.20 Å². The lowest BCUT2D eigenvalue weighted by Gasteiger charge is -2.30. The van der Waals surface area contributed by atoms with E-state index < -0.39 is 23.6 Å². The molecule has 1 aliphatic rings. The van der Waals surface area contributed by atoms with Crippen LogP contribution in [0.5, 0.6) is 0 Å². The minimum absolute atomic E-state index is 0.000243. The Labute approximate surface area is 232 Å². The lowest BCUT2D eigenvalue weighted by molar-refractivity contribution is 0.0482. The molecule has 0 radical (unpaired) electrons. The van der Waals surface area contributed by atoms with Crippen LogP contribution in [0.3, 0.4) is 0 Å². The topological polar surface area (TPSA) is 165 Å². The third-order valence-corrected chi connectivity index (χ3v) is 6.09. The van der Waals surface area contributed by atoms with E-state index in [0.29, 0.717) is 44.1 Å². The quantitative estimate of drug-likeness (QED) is 0.328. The summed E-state index contributed by atoms with van der Waals surface area (Å²) in [4.78, 5) is 40.2. The molecule has 1 aliphatic heterocycles. The number of benzene rings is 1. The summed E-state index contributed by atoms with van der Waals surface area (Å²) in [5.41, 5.74) is 8.85. The second-order valence-electron chi connectivity index (χ2n) is 10.4. The number of ether oxygens (including phenoxy) is 2. The van der Waals surface area contributed by atoms with Crippen LogP contribution in [0.4, 0.5) is 22.0 Å². The Morgan fingerprint density at radius 2 is 1.88 bits per heavy atom. The summed E-state index contributed by atoms with van der Waals surface area (Å²) < 4.78 is 10.7. The van der Waals surface area contributed by atoms with Crippen LogP contribution in [-0.4, -0.2) is 76.6 Å². The zero-order chi connectivity index (χ0) is 28.7. The van der Waals surface area contributed by atoms with E-state index in [9.17, 15) is 14.7 Å². The van der Waals surface area contributed by atoms with Crippen LogP contribution in [-0.2, 0) is 15.9 Å². The van der Waals surface area contributed by atoms with Crippen LogP contribution in [0.25, 0.3) is 11.3 Å². The number of nitrogen functional groups attached to an aromatic ring is 1. The van der Waals surface area contributed by atoms with E-state index in [-0.39, 0.29) is 18.1 Å². The molecule has 40 heavy (non-hydrogen) atoms. The molecular weight excluding hydrogens is 514 g/mol. The maximum absolute atomic E-state index is 13.2. The summed E-state index contributed by atoms with van der Waals surface area (Å²) in [5, 5.41) is 15.3. The van der Waals surface area contributed by atoms with Gasteiger partial charge in [-0.2, -0.15) is 0 Å². The van der Waals surface area contributed by atoms with Gasteiger partial charge in [0.05, 0.1) is 55.3 Å². The van der Waals surface area contributed by atoms with Crippen LogP contribution >= 0.6 is 0 Å². The number of carbonyl (C=O) groups is 2. The van der Waals surface area contributed by atoms with Crippen molar-refractivity contribution in [3.63, 3.8) is 0 Å². The molecule has 1 atom stereocenters. The van der Waals surface area contributed by atoms with Crippen molar-refractivity contribution < 1.29 is 24.2 Å². The molecule has 4 rings (SSSR count). The Kier molecular flexibility index (Phi) is 9.12. The summed E-state index contributed by atoms with van der Waals surface area (Å²) >= 11 is 0. The molecule has 0 aliphatic carbocycles. The third-order valence-electron chi connectivity index (χ3n) is 6.09. The van der Waals surface area contributed by atoms with Crippen LogP contribution in [0.2, 0.25) is 0 Å². The summed E-state index contributed by atoms with van der Waals surface area (Å²) in [5.74, 6) is -0.487. The number of anilines is 3. The average Bonchev–Trinajstić information content (AvgIpc) is 2.93. The zero-order valence-electron chi connectivity index (χ0n) is 22.9. The van der Waals surface area contributed by atoms with Crippen LogP contribution in [0.15, 0.2) is 48.9 Å². The van der Waals surface area contributed by atoms with Gasteiger partial charge in [0.1, 0.15) is 5.60 Å². The van der Waals surface area contributed by atoms with E-state index in [0.717, 1.165) is 16.8 Å². The number of hydrogen-bond donors (Lipinski definition) is 4. The summed E-state index contributed by atoms with van der Waals surface area (Å²) in [7, 11) is 0. The first-order valence-electron chi connectivity index (χ1n) is 13.0. The monoisotopic (exact) mass is 549 g/mol. The zero-order valence-corrected chi connectivity index (χ0v) is 22.9. The highest BCUT2D eigenvalue weighted by atomic mass is 16.6. The molecule has 2 amide bonds. The van der Waals surface area contributed by atoms with Crippen molar-refractivity contribution in [2.75, 3.05) is 48.9 Å². The van der Waals surface area contributed by atoms with Gasteiger partial charge in [-0.25, -0.2) is 14.8 Å². The van der Waals surface area contributed by atoms with Crippen molar-refractivity contribution in [3.8, 4) is 11.3 Å². The molecule has 1 fully saturated rings. The van der Waals surface area contributed by atoms with Crippen molar-refractivity contribution in [2.24, 2.45) is 0 Å². The highest BCUT2D eigenvalue weighted by Crippen LogP contribution is 2.27. The molecular formula is C28H35N7O5. The van der Waals surface area contributed by atoms with Crippen molar-refractivity contribution in [1.29, 1.82) is 0 Å². The Morgan fingerprint density at radius 1 is 1.15 bits per heavy atom. The van der Waals surface area contributed by atoms with Crippen LogP contribution in [0, 0.1) is 0 Å². The van der Waals surface area contributed by atoms with E-state index in [1.54, 1.807) is 33.2 Å². The number of pyridine rings is 1. The molecule has 0 unspecified atom stereocenters. The van der Waals surface area contributed by atoms with Gasteiger partial charge >= 0.3 is 6.09 Å². The highest BCUT2D eigenvalue weighted by Gasteiger charge is 2.21. The smallest absolute Gasteiger partial charge is 0.407 e. The molecule has 2 aromatic heterocycles. The number of aliphatic hydroxyl groups is 1. The van der Waals surface area contributed by atoms with Gasteiger partial charge in [-0.3, -0.25) is 9.78 Å². The Bertz CT molecular complexity index is 1320.